The summed E-state index contributed by atoms with van der Waals surface area (Å²) in [7, 11) is -3.57. The highest BCUT2D eigenvalue weighted by atomic mass is 32.2. The Balaban J connectivity index is 0.000000782. The number of rotatable bonds is 11. The molecular formula is C27H31F3N4O6S2. The molecule has 1 aliphatic carbocycles. The molecule has 0 aliphatic heterocycles. The van der Waals surface area contributed by atoms with Gasteiger partial charge in [-0.2, -0.15) is 18.4 Å². The minimum Gasteiger partial charge on any atom is -0.475 e. The van der Waals surface area contributed by atoms with E-state index in [-0.39, 0.29) is 40.7 Å². The number of pyridine rings is 1. The third kappa shape index (κ3) is 12.1. The number of halogens is 3. The van der Waals surface area contributed by atoms with E-state index in [9.17, 15) is 31.2 Å². The Kier molecular flexibility index (Phi) is 13.8. The van der Waals surface area contributed by atoms with E-state index in [2.05, 4.69) is 15.6 Å². The maximum atomic E-state index is 13.0. The molecule has 1 heterocycles. The van der Waals surface area contributed by atoms with Crippen molar-refractivity contribution in [2.24, 2.45) is 11.8 Å². The molecule has 1 saturated carbocycles. The van der Waals surface area contributed by atoms with Crippen molar-refractivity contribution in [2.45, 2.75) is 48.1 Å². The molecule has 3 N–H and O–H groups in total. The fourth-order valence-corrected chi connectivity index (χ4v) is 6.66. The van der Waals surface area contributed by atoms with Crippen molar-refractivity contribution in [2.75, 3.05) is 24.6 Å². The Morgan fingerprint density at radius 2 is 1.67 bits per heavy atom. The molecule has 2 amide bonds. The van der Waals surface area contributed by atoms with E-state index in [0.29, 0.717) is 19.4 Å². The fourth-order valence-electron chi connectivity index (χ4n) is 4.23. The van der Waals surface area contributed by atoms with Crippen LogP contribution >= 0.6 is 11.8 Å². The number of nitrogens with one attached hydrogen (secondary N) is 2. The molecule has 10 nitrogen and oxygen atoms in total. The normalized spacial score (nSPS) is 16.7. The molecule has 0 unspecified atom stereocenters. The van der Waals surface area contributed by atoms with E-state index in [1.54, 1.807) is 36.7 Å². The summed E-state index contributed by atoms with van der Waals surface area (Å²) in [6.07, 6.45) is 2.17. The smallest absolute Gasteiger partial charge is 0.475 e. The highest BCUT2D eigenvalue weighted by molar-refractivity contribution is 8.00. The first-order valence-electron chi connectivity index (χ1n) is 12.9. The van der Waals surface area contributed by atoms with Crippen LogP contribution in [0, 0.1) is 23.2 Å². The number of aromatic nitrogens is 1. The summed E-state index contributed by atoms with van der Waals surface area (Å²) >= 11 is 1.35. The van der Waals surface area contributed by atoms with Gasteiger partial charge in [-0.3, -0.25) is 14.6 Å². The average Bonchev–Trinajstić information content (AvgIpc) is 2.95. The second-order valence-electron chi connectivity index (χ2n) is 9.33. The van der Waals surface area contributed by atoms with Crippen molar-refractivity contribution in [3.8, 4) is 6.07 Å². The van der Waals surface area contributed by atoms with Crippen molar-refractivity contribution < 1.29 is 41.1 Å². The molecule has 1 aromatic carbocycles. The molecule has 15 heteroatoms. The monoisotopic (exact) mass is 628 g/mol. The van der Waals surface area contributed by atoms with Gasteiger partial charge in [0.15, 0.2) is 9.84 Å². The zero-order chi connectivity index (χ0) is 31.2. The number of nitrogens with zero attached hydrogens (tertiary/aromatic N) is 2. The van der Waals surface area contributed by atoms with E-state index in [1.807, 2.05) is 18.2 Å². The summed E-state index contributed by atoms with van der Waals surface area (Å²) in [6, 6.07) is 12.2. The lowest BCUT2D eigenvalue weighted by Gasteiger charge is -2.30. The van der Waals surface area contributed by atoms with Gasteiger partial charge in [-0.15, -0.1) is 11.8 Å². The lowest BCUT2D eigenvalue weighted by Crippen LogP contribution is -2.39. The molecule has 3 rings (SSSR count). The maximum absolute atomic E-state index is 13.0. The van der Waals surface area contributed by atoms with Crippen LogP contribution in [0.25, 0.3) is 0 Å². The molecule has 2 atom stereocenters. The van der Waals surface area contributed by atoms with Crippen molar-refractivity contribution in [3.63, 3.8) is 0 Å². The first-order valence-corrected chi connectivity index (χ1v) is 15.5. The number of carboxylic acid groups (broad SMARTS) is 1. The second-order valence-corrected chi connectivity index (χ2v) is 12.4. The third-order valence-corrected chi connectivity index (χ3v) is 9.17. The third-order valence-electron chi connectivity index (χ3n) is 6.30. The Morgan fingerprint density at radius 3 is 2.26 bits per heavy atom. The zero-order valence-corrected chi connectivity index (χ0v) is 24.1. The van der Waals surface area contributed by atoms with Crippen LogP contribution in [0.2, 0.25) is 0 Å². The summed E-state index contributed by atoms with van der Waals surface area (Å²) in [5.74, 6) is -3.59. The number of amides is 2. The van der Waals surface area contributed by atoms with Gasteiger partial charge in [0.25, 0.3) is 0 Å². The number of carboxylic acids is 1. The van der Waals surface area contributed by atoms with Crippen LogP contribution in [-0.2, 0) is 30.6 Å². The number of aliphatic carboxylic acids is 1. The molecule has 0 bridgehead atoms. The number of sulfone groups is 1. The largest absolute Gasteiger partial charge is 0.490 e. The van der Waals surface area contributed by atoms with Crippen LogP contribution in [0.5, 0.6) is 0 Å². The van der Waals surface area contributed by atoms with Crippen LogP contribution in [0.4, 0.5) is 13.2 Å². The molecule has 1 fully saturated rings. The summed E-state index contributed by atoms with van der Waals surface area (Å²) < 4.78 is 57.8. The standard InChI is InChI=1S/C25H30N4O4S2.C2HF3O2/c26-12-16-29-25(31)23-4-2-1-3-20(23)18-35(32,33)22-7-5-21(6-8-22)34-17-24(30)28-15-11-19-9-13-27-14-10-19;3-2(4,5)1(6)7/h5-10,13-14,20,23H,1-4,11,15-18H2,(H,28,30)(H,29,31);(H,6,7)/t20-,23+;/m0./s1. The molecule has 1 aromatic heterocycles. The SMILES string of the molecule is N#CCNC(=O)[C@@H]1CCCC[C@H]1CS(=O)(=O)c1ccc(SCC(=O)NCCc2ccncc2)cc1.O=C(O)C(F)(F)F. The highest BCUT2D eigenvalue weighted by Crippen LogP contribution is 2.33. The Morgan fingerprint density at radius 1 is 1.05 bits per heavy atom. The van der Waals surface area contributed by atoms with Crippen molar-refractivity contribution in [1.82, 2.24) is 15.6 Å². The Hall–Kier alpha value is -3.64. The van der Waals surface area contributed by atoms with E-state index < -0.39 is 27.9 Å². The van der Waals surface area contributed by atoms with Crippen molar-refractivity contribution in [3.05, 3.63) is 54.4 Å². The number of hydrogen-bond donors (Lipinski definition) is 3. The van der Waals surface area contributed by atoms with Gasteiger partial charge in [0.05, 0.1) is 22.5 Å². The number of carbonyl (C=O) groups is 3. The van der Waals surface area contributed by atoms with Gasteiger partial charge in [0.1, 0.15) is 6.54 Å². The number of carbonyl (C=O) groups excluding carboxylic acids is 2. The van der Waals surface area contributed by atoms with E-state index >= 15 is 0 Å². The van der Waals surface area contributed by atoms with Gasteiger partial charge >= 0.3 is 12.1 Å². The minimum atomic E-state index is -5.08. The number of benzene rings is 1. The van der Waals surface area contributed by atoms with Crippen molar-refractivity contribution >= 4 is 39.4 Å². The second kappa shape index (κ2) is 16.7. The highest BCUT2D eigenvalue weighted by Gasteiger charge is 2.38. The predicted molar refractivity (Wildman–Crippen MR) is 148 cm³/mol. The van der Waals surface area contributed by atoms with Crippen molar-refractivity contribution in [1.29, 1.82) is 5.26 Å². The van der Waals surface area contributed by atoms with Crippen LogP contribution in [0.15, 0.2) is 58.6 Å². The number of alkyl halides is 3. The molecule has 0 saturated heterocycles. The van der Waals surface area contributed by atoms with Crippen LogP contribution in [0.1, 0.15) is 31.2 Å². The topological polar surface area (TPSA) is 166 Å². The molecule has 228 valence electrons. The molecule has 42 heavy (non-hydrogen) atoms. The first kappa shape index (κ1) is 34.6. The van der Waals surface area contributed by atoms with Gasteiger partial charge in [0.2, 0.25) is 11.8 Å². The molecule has 0 radical (unpaired) electrons. The quantitative estimate of drug-likeness (QED) is 0.250. The van der Waals surface area contributed by atoms with Crippen LogP contribution in [0.3, 0.4) is 0 Å². The number of thioether (sulfide) groups is 1. The minimum absolute atomic E-state index is 0.0727. The number of nitriles is 1. The lowest BCUT2D eigenvalue weighted by molar-refractivity contribution is -0.192. The first-order chi connectivity index (χ1) is 19.8. The molecular weight excluding hydrogens is 597 g/mol. The summed E-state index contributed by atoms with van der Waals surface area (Å²) in [4.78, 5) is 38.4. The molecule has 0 spiro atoms. The average molecular weight is 629 g/mol. The molecule has 1 aliphatic rings. The lowest BCUT2D eigenvalue weighted by atomic mass is 9.80. The van der Waals surface area contributed by atoms with E-state index in [1.165, 1.54) is 11.8 Å². The van der Waals surface area contributed by atoms with Gasteiger partial charge < -0.3 is 15.7 Å². The predicted octanol–water partition coefficient (Wildman–Crippen LogP) is 3.39. The fraction of sp³-hybridized carbons (Fsp3) is 0.444. The maximum Gasteiger partial charge on any atom is 0.490 e. The van der Waals surface area contributed by atoms with Crippen LogP contribution in [-0.4, -0.2) is 67.1 Å². The van der Waals surface area contributed by atoms with E-state index in [0.717, 1.165) is 29.7 Å². The Bertz CT molecular complexity index is 1330. The van der Waals surface area contributed by atoms with Gasteiger partial charge in [-0.25, -0.2) is 13.2 Å². The summed E-state index contributed by atoms with van der Waals surface area (Å²) in [5.41, 5.74) is 1.10. The Labute approximate surface area is 246 Å². The zero-order valence-electron chi connectivity index (χ0n) is 22.5. The van der Waals surface area contributed by atoms with Gasteiger partial charge in [-0.05, 0) is 67.1 Å². The van der Waals surface area contributed by atoms with Gasteiger partial charge in [0, 0.05) is 29.8 Å². The van der Waals surface area contributed by atoms with Crippen LogP contribution < -0.4 is 10.6 Å². The number of hydrogen-bond acceptors (Lipinski definition) is 8. The summed E-state index contributed by atoms with van der Waals surface area (Å²) in [6.45, 7) is 0.466. The van der Waals surface area contributed by atoms with E-state index in [4.69, 9.17) is 15.2 Å². The molecule has 2 aromatic rings. The summed E-state index contributed by atoms with van der Waals surface area (Å²) in [5, 5.41) is 21.3. The van der Waals surface area contributed by atoms with Gasteiger partial charge in [-0.1, -0.05) is 12.8 Å².